The molecule has 1 unspecified atom stereocenters. The Morgan fingerprint density at radius 3 is 2.85 bits per heavy atom. The van der Waals surface area contributed by atoms with Gasteiger partial charge in [0.15, 0.2) is 0 Å². The van der Waals surface area contributed by atoms with E-state index in [2.05, 4.69) is 12.1 Å². The number of benzene rings is 2. The molecule has 4 nitrogen and oxygen atoms in total. The molecule has 1 fully saturated rings. The quantitative estimate of drug-likeness (QED) is 0.810. The number of carbonyl (C=O) groups is 2. The first-order valence-corrected chi connectivity index (χ1v) is 9.89. The van der Waals surface area contributed by atoms with Gasteiger partial charge in [-0.1, -0.05) is 48.0 Å². The van der Waals surface area contributed by atoms with Gasteiger partial charge in [-0.15, -0.1) is 0 Å². The maximum absolute atomic E-state index is 12.7. The first-order chi connectivity index (χ1) is 13.1. The highest BCUT2D eigenvalue weighted by atomic mass is 35.5. The summed E-state index contributed by atoms with van der Waals surface area (Å²) in [6.45, 7) is 1.55. The molecule has 2 aromatic carbocycles. The maximum atomic E-state index is 12.7. The minimum absolute atomic E-state index is 0.00641. The zero-order valence-electron chi connectivity index (χ0n) is 15.2. The van der Waals surface area contributed by atoms with Gasteiger partial charge in [0.25, 0.3) is 0 Å². The lowest BCUT2D eigenvalue weighted by Gasteiger charge is -2.44. The van der Waals surface area contributed by atoms with Crippen LogP contribution in [-0.2, 0) is 22.4 Å². The molecule has 0 N–H and O–H groups in total. The van der Waals surface area contributed by atoms with E-state index in [9.17, 15) is 9.59 Å². The molecule has 0 aromatic heterocycles. The summed E-state index contributed by atoms with van der Waals surface area (Å²) in [5, 5.41) is 0.719. The summed E-state index contributed by atoms with van der Waals surface area (Å²) < 4.78 is 0. The van der Waals surface area contributed by atoms with Crippen molar-refractivity contribution in [1.82, 2.24) is 9.80 Å². The fourth-order valence-corrected chi connectivity index (χ4v) is 4.37. The smallest absolute Gasteiger partial charge is 0.242 e. The third kappa shape index (κ3) is 3.86. The lowest BCUT2D eigenvalue weighted by molar-refractivity contribution is -0.149. The Balaban J connectivity index is 1.39. The summed E-state index contributed by atoms with van der Waals surface area (Å²) in [5.74, 6) is 0.122. The van der Waals surface area contributed by atoms with E-state index in [1.54, 1.807) is 4.90 Å². The number of hydrogen-bond donors (Lipinski definition) is 0. The average Bonchev–Trinajstić information content (AvgIpc) is 2.67. The predicted molar refractivity (Wildman–Crippen MR) is 106 cm³/mol. The van der Waals surface area contributed by atoms with Gasteiger partial charge in [-0.3, -0.25) is 9.59 Å². The van der Waals surface area contributed by atoms with Crippen molar-refractivity contribution in [3.05, 3.63) is 70.2 Å². The van der Waals surface area contributed by atoms with Crippen LogP contribution in [0.25, 0.3) is 0 Å². The third-order valence-electron chi connectivity index (χ3n) is 5.55. The minimum Gasteiger partial charge on any atom is -0.332 e. The van der Waals surface area contributed by atoms with Crippen molar-refractivity contribution < 1.29 is 9.59 Å². The first-order valence-electron chi connectivity index (χ1n) is 9.51. The first kappa shape index (κ1) is 18.1. The number of hydrogen-bond acceptors (Lipinski definition) is 2. The number of rotatable bonds is 4. The molecule has 2 amide bonds. The fraction of sp³-hybridized carbons (Fsp3) is 0.364. The van der Waals surface area contributed by atoms with E-state index >= 15 is 0 Å². The Kier molecular flexibility index (Phi) is 5.17. The van der Waals surface area contributed by atoms with E-state index in [0.29, 0.717) is 13.0 Å². The number of aryl methyl sites for hydroxylation is 1. The summed E-state index contributed by atoms with van der Waals surface area (Å²) in [5.41, 5.74) is 3.62. The molecule has 5 heteroatoms. The van der Waals surface area contributed by atoms with Crippen LogP contribution in [0.15, 0.2) is 48.5 Å². The lowest BCUT2D eigenvalue weighted by atomic mass is 9.90. The minimum atomic E-state index is -0.00641. The molecule has 2 heterocycles. The molecule has 0 radical (unpaired) electrons. The van der Waals surface area contributed by atoms with E-state index in [1.165, 1.54) is 11.1 Å². The molecule has 27 heavy (non-hydrogen) atoms. The molecule has 2 aromatic rings. The summed E-state index contributed by atoms with van der Waals surface area (Å²) >= 11 is 6.01. The van der Waals surface area contributed by atoms with Crippen molar-refractivity contribution in [3.63, 3.8) is 0 Å². The molecule has 0 spiro atoms. The van der Waals surface area contributed by atoms with Crippen LogP contribution in [0.3, 0.4) is 0 Å². The lowest BCUT2D eigenvalue weighted by Crippen LogP contribution is -2.55. The summed E-state index contributed by atoms with van der Waals surface area (Å²) in [7, 11) is 0. The second kappa shape index (κ2) is 7.73. The average molecular weight is 383 g/mol. The van der Waals surface area contributed by atoms with Gasteiger partial charge < -0.3 is 9.80 Å². The van der Waals surface area contributed by atoms with Gasteiger partial charge in [-0.05, 0) is 48.1 Å². The van der Waals surface area contributed by atoms with Gasteiger partial charge >= 0.3 is 0 Å². The molecule has 140 valence electrons. The largest absolute Gasteiger partial charge is 0.332 e. The second-order valence-electron chi connectivity index (χ2n) is 7.31. The molecule has 0 bridgehead atoms. The van der Waals surface area contributed by atoms with Crippen LogP contribution in [0, 0.1) is 0 Å². The van der Waals surface area contributed by atoms with E-state index in [-0.39, 0.29) is 24.4 Å². The number of halogens is 1. The normalized spacial score (nSPS) is 18.9. The van der Waals surface area contributed by atoms with Crippen LogP contribution < -0.4 is 0 Å². The molecule has 1 saturated heterocycles. The Morgan fingerprint density at radius 2 is 2.00 bits per heavy atom. The molecule has 2 aliphatic heterocycles. The molecule has 2 aliphatic rings. The van der Waals surface area contributed by atoms with Crippen LogP contribution in [0.5, 0.6) is 0 Å². The van der Waals surface area contributed by atoms with E-state index < -0.39 is 0 Å². The van der Waals surface area contributed by atoms with Crippen molar-refractivity contribution in [3.8, 4) is 0 Å². The Morgan fingerprint density at radius 1 is 1.15 bits per heavy atom. The van der Waals surface area contributed by atoms with Crippen molar-refractivity contribution in [2.24, 2.45) is 0 Å². The highest BCUT2D eigenvalue weighted by Gasteiger charge is 2.38. The standard InChI is InChI=1S/C22H23ClN2O2/c23-18-8-3-5-16(13-18)6-4-10-21(26)24-14-20-19-9-2-1-7-17(19)11-12-25(20)22(27)15-24/h1-3,5,7-9,13,20H,4,6,10-12,14-15H2. The van der Waals surface area contributed by atoms with Crippen LogP contribution in [0.1, 0.15) is 35.6 Å². The van der Waals surface area contributed by atoms with Gasteiger partial charge in [0.1, 0.15) is 0 Å². The number of amides is 2. The zero-order chi connectivity index (χ0) is 18.8. The molecule has 1 atom stereocenters. The van der Waals surface area contributed by atoms with Crippen molar-refractivity contribution in [2.75, 3.05) is 19.6 Å². The monoisotopic (exact) mass is 382 g/mol. The van der Waals surface area contributed by atoms with Gasteiger partial charge in [-0.25, -0.2) is 0 Å². The van der Waals surface area contributed by atoms with Crippen molar-refractivity contribution in [2.45, 2.75) is 31.7 Å². The van der Waals surface area contributed by atoms with E-state index in [1.807, 2.05) is 41.3 Å². The SMILES string of the molecule is O=C(CCCc1cccc(Cl)c1)N1CC(=O)N2CCc3ccccc3C2C1. The Hall–Kier alpha value is -2.33. The zero-order valence-corrected chi connectivity index (χ0v) is 16.0. The van der Waals surface area contributed by atoms with Crippen LogP contribution in [0.4, 0.5) is 0 Å². The summed E-state index contributed by atoms with van der Waals surface area (Å²) in [4.78, 5) is 29.0. The molecule has 0 aliphatic carbocycles. The van der Waals surface area contributed by atoms with Gasteiger partial charge in [-0.2, -0.15) is 0 Å². The van der Waals surface area contributed by atoms with Crippen LogP contribution >= 0.6 is 11.6 Å². The van der Waals surface area contributed by atoms with E-state index in [0.717, 1.165) is 36.4 Å². The van der Waals surface area contributed by atoms with Gasteiger partial charge in [0.2, 0.25) is 11.8 Å². The van der Waals surface area contributed by atoms with Gasteiger partial charge in [0.05, 0.1) is 12.6 Å². The van der Waals surface area contributed by atoms with Gasteiger partial charge in [0, 0.05) is 24.5 Å². The Bertz CT molecular complexity index is 867. The number of fused-ring (bicyclic) bond motifs is 3. The molecule has 4 rings (SSSR count). The number of nitrogens with zero attached hydrogens (tertiary/aromatic N) is 2. The predicted octanol–water partition coefficient (Wildman–Crippen LogP) is 3.63. The van der Waals surface area contributed by atoms with E-state index in [4.69, 9.17) is 11.6 Å². The molecular weight excluding hydrogens is 360 g/mol. The van der Waals surface area contributed by atoms with Crippen molar-refractivity contribution >= 4 is 23.4 Å². The fourth-order valence-electron chi connectivity index (χ4n) is 4.16. The summed E-state index contributed by atoms with van der Waals surface area (Å²) in [6.07, 6.45) is 2.92. The summed E-state index contributed by atoms with van der Waals surface area (Å²) in [6, 6.07) is 16.0. The molecular formula is C22H23ClN2O2. The second-order valence-corrected chi connectivity index (χ2v) is 7.75. The number of carbonyl (C=O) groups excluding carboxylic acids is 2. The van der Waals surface area contributed by atoms with Crippen LogP contribution in [-0.4, -0.2) is 41.2 Å². The highest BCUT2D eigenvalue weighted by molar-refractivity contribution is 6.30. The third-order valence-corrected chi connectivity index (χ3v) is 5.79. The van der Waals surface area contributed by atoms with Crippen molar-refractivity contribution in [1.29, 1.82) is 0 Å². The maximum Gasteiger partial charge on any atom is 0.242 e. The highest BCUT2D eigenvalue weighted by Crippen LogP contribution is 2.33. The number of piperazine rings is 1. The van der Waals surface area contributed by atoms with Crippen LogP contribution in [0.2, 0.25) is 5.02 Å². The topological polar surface area (TPSA) is 40.6 Å². The molecule has 0 saturated carbocycles. The Labute approximate surface area is 164 Å².